The molecule has 0 saturated carbocycles. The number of hydrogen-bond acceptors (Lipinski definition) is 4. The van der Waals surface area contributed by atoms with Crippen molar-refractivity contribution in [1.82, 2.24) is 0 Å². The Labute approximate surface area is 92.5 Å². The van der Waals surface area contributed by atoms with Crippen molar-refractivity contribution in [2.75, 3.05) is 0 Å². The molecule has 0 saturated heterocycles. The zero-order valence-corrected chi connectivity index (χ0v) is 9.15. The molecule has 0 radical (unpaired) electrons. The van der Waals surface area contributed by atoms with Crippen LogP contribution in [0.5, 0.6) is 5.75 Å². The van der Waals surface area contributed by atoms with Gasteiger partial charge < -0.3 is 9.15 Å². The maximum atomic E-state index is 11.6. The minimum atomic E-state index is -0.623. The van der Waals surface area contributed by atoms with E-state index in [1.165, 1.54) is 0 Å². The minimum absolute atomic E-state index is 0.0337. The fraction of sp³-hybridized carbons (Fsp3) is 0.333. The number of ether oxygens (including phenoxy) is 1. The van der Waals surface area contributed by atoms with Crippen molar-refractivity contribution in [1.29, 1.82) is 0 Å². The molecule has 2 heterocycles. The second-order valence-electron chi connectivity index (χ2n) is 3.73. The van der Waals surface area contributed by atoms with Gasteiger partial charge in [0.1, 0.15) is 23.2 Å². The molecule has 0 N–H and O–H groups in total. The average Bonchev–Trinajstić information content (AvgIpc) is 2.15. The third-order valence-electron chi connectivity index (χ3n) is 2.35. The number of fused-ring (bicyclic) bond motifs is 1. The van der Waals surface area contributed by atoms with E-state index in [9.17, 15) is 9.59 Å². The Hall–Kier alpha value is -1.84. The summed E-state index contributed by atoms with van der Waals surface area (Å²) in [5, 5.41) is 0. The molecule has 1 aliphatic heterocycles. The van der Waals surface area contributed by atoms with Gasteiger partial charge in [-0.3, -0.25) is 4.79 Å². The van der Waals surface area contributed by atoms with E-state index in [0.717, 1.165) is 0 Å². The van der Waals surface area contributed by atoms with Crippen LogP contribution in [-0.2, 0) is 0 Å². The Bertz CT molecular complexity index is 510. The monoisotopic (exact) mass is 220 g/mol. The van der Waals surface area contributed by atoms with Crippen molar-refractivity contribution in [3.8, 4) is 5.75 Å². The summed E-state index contributed by atoms with van der Waals surface area (Å²) in [5.41, 5.74) is -0.589. The summed E-state index contributed by atoms with van der Waals surface area (Å²) < 4.78 is 10.4. The van der Waals surface area contributed by atoms with Gasteiger partial charge in [-0.05, 0) is 19.9 Å². The van der Waals surface area contributed by atoms with Gasteiger partial charge in [0.25, 0.3) is 0 Å². The molecule has 4 nitrogen and oxygen atoms in total. The van der Waals surface area contributed by atoms with Crippen molar-refractivity contribution in [2.24, 2.45) is 0 Å². The lowest BCUT2D eigenvalue weighted by Crippen LogP contribution is -2.29. The molecule has 0 aliphatic carbocycles. The van der Waals surface area contributed by atoms with Crippen molar-refractivity contribution in [2.45, 2.75) is 26.4 Å². The van der Waals surface area contributed by atoms with Crippen LogP contribution >= 0.6 is 0 Å². The van der Waals surface area contributed by atoms with Gasteiger partial charge >= 0.3 is 5.63 Å². The quantitative estimate of drug-likeness (QED) is 0.726. The van der Waals surface area contributed by atoms with E-state index < -0.39 is 5.63 Å². The highest BCUT2D eigenvalue weighted by Crippen LogP contribution is 2.26. The van der Waals surface area contributed by atoms with Gasteiger partial charge in [0, 0.05) is 12.5 Å². The van der Waals surface area contributed by atoms with Crippen LogP contribution in [0.1, 0.15) is 36.4 Å². The Balaban J connectivity index is 2.59. The normalized spacial score (nSPS) is 19.6. The number of rotatable bonds is 1. The second-order valence-corrected chi connectivity index (χ2v) is 3.73. The molecule has 1 aromatic rings. The summed E-state index contributed by atoms with van der Waals surface area (Å²) in [6.45, 7) is 3.61. The number of allylic oxidation sites excluding steroid dienone is 1. The van der Waals surface area contributed by atoms with E-state index in [1.807, 2.05) is 6.92 Å². The summed E-state index contributed by atoms with van der Waals surface area (Å²) in [6, 6.07) is 1.57. The number of carbonyl (C=O) groups excluding carboxylic acids is 1. The zero-order chi connectivity index (χ0) is 11.7. The van der Waals surface area contributed by atoms with E-state index in [-0.39, 0.29) is 23.9 Å². The molecule has 0 aromatic carbocycles. The summed E-state index contributed by atoms with van der Waals surface area (Å²) >= 11 is 0. The number of Topliss-reactive ketones (excluding diaryl/α,β-unsaturated/α-hetero) is 1. The first-order chi connectivity index (χ1) is 7.61. The zero-order valence-electron chi connectivity index (χ0n) is 9.15. The lowest BCUT2D eigenvalue weighted by atomic mass is 10.0. The molecule has 1 aromatic heterocycles. The third kappa shape index (κ3) is 1.78. The second kappa shape index (κ2) is 3.96. The summed E-state index contributed by atoms with van der Waals surface area (Å²) in [5.74, 6) is 0.510. The Kier molecular flexibility index (Phi) is 2.64. The maximum absolute atomic E-state index is 11.6. The van der Waals surface area contributed by atoms with E-state index >= 15 is 0 Å². The van der Waals surface area contributed by atoms with Crippen LogP contribution in [0.3, 0.4) is 0 Å². The van der Waals surface area contributed by atoms with Crippen molar-refractivity contribution in [3.63, 3.8) is 0 Å². The smallest absolute Gasteiger partial charge is 0.351 e. The van der Waals surface area contributed by atoms with Gasteiger partial charge in [0.15, 0.2) is 5.78 Å². The van der Waals surface area contributed by atoms with Gasteiger partial charge in [-0.25, -0.2) is 4.79 Å². The first-order valence-electron chi connectivity index (χ1n) is 5.12. The number of hydrogen-bond donors (Lipinski definition) is 0. The van der Waals surface area contributed by atoms with Crippen molar-refractivity contribution >= 4 is 11.9 Å². The van der Waals surface area contributed by atoms with E-state index in [2.05, 4.69) is 0 Å². The molecule has 0 amide bonds. The topological polar surface area (TPSA) is 56.5 Å². The molecule has 0 bridgehead atoms. The van der Waals surface area contributed by atoms with Crippen molar-refractivity contribution in [3.05, 3.63) is 33.9 Å². The van der Waals surface area contributed by atoms with Crippen LogP contribution in [0, 0.1) is 0 Å². The van der Waals surface area contributed by atoms with Crippen LogP contribution in [0.2, 0.25) is 0 Å². The molecular weight excluding hydrogens is 208 g/mol. The first kappa shape index (κ1) is 10.7. The number of carbonyl (C=O) groups is 1. The molecule has 0 spiro atoms. The summed E-state index contributed by atoms with van der Waals surface area (Å²) in [4.78, 5) is 23.2. The van der Waals surface area contributed by atoms with Crippen LogP contribution < -0.4 is 10.4 Å². The maximum Gasteiger partial charge on any atom is 0.351 e. The lowest BCUT2D eigenvalue weighted by molar-refractivity contribution is 0.0862. The minimum Gasteiger partial charge on any atom is -0.489 e. The highest BCUT2D eigenvalue weighted by Gasteiger charge is 2.27. The fourth-order valence-corrected chi connectivity index (χ4v) is 1.70. The molecule has 16 heavy (non-hydrogen) atoms. The highest BCUT2D eigenvalue weighted by atomic mass is 16.5. The molecule has 4 heteroatoms. The van der Waals surface area contributed by atoms with E-state index in [0.29, 0.717) is 11.5 Å². The molecule has 0 unspecified atom stereocenters. The fourth-order valence-electron chi connectivity index (χ4n) is 1.70. The molecular formula is C12H12O4. The van der Waals surface area contributed by atoms with E-state index in [4.69, 9.17) is 9.15 Å². The SMILES string of the molecule is CC=Cc1cc2c(c(=O)o1)C(=O)C[C@H](C)O2. The standard InChI is InChI=1S/C12H12O4/c1-3-4-8-6-10-11(12(14)16-8)9(13)5-7(2)15-10/h3-4,6-7H,5H2,1-2H3/t7-/m0/s1. The summed E-state index contributed by atoms with van der Waals surface area (Å²) in [7, 11) is 0. The predicted molar refractivity (Wildman–Crippen MR) is 58.7 cm³/mol. The number of ketones is 1. The average molecular weight is 220 g/mol. The van der Waals surface area contributed by atoms with Crippen LogP contribution in [0.25, 0.3) is 6.08 Å². The largest absolute Gasteiger partial charge is 0.489 e. The van der Waals surface area contributed by atoms with Crippen LogP contribution in [0.15, 0.2) is 21.4 Å². The van der Waals surface area contributed by atoms with Crippen LogP contribution in [0.4, 0.5) is 0 Å². The van der Waals surface area contributed by atoms with Gasteiger partial charge in [-0.15, -0.1) is 0 Å². The summed E-state index contributed by atoms with van der Waals surface area (Å²) in [6.07, 6.45) is 3.43. The Morgan fingerprint density at radius 3 is 2.88 bits per heavy atom. The van der Waals surface area contributed by atoms with Crippen LogP contribution in [-0.4, -0.2) is 11.9 Å². The van der Waals surface area contributed by atoms with Gasteiger partial charge in [0.2, 0.25) is 0 Å². The third-order valence-corrected chi connectivity index (χ3v) is 2.35. The molecule has 84 valence electrons. The lowest BCUT2D eigenvalue weighted by Gasteiger charge is -2.20. The van der Waals surface area contributed by atoms with Gasteiger partial charge in [-0.1, -0.05) is 6.08 Å². The molecule has 0 fully saturated rings. The van der Waals surface area contributed by atoms with Gasteiger partial charge in [-0.2, -0.15) is 0 Å². The van der Waals surface area contributed by atoms with E-state index in [1.54, 1.807) is 25.1 Å². The molecule has 1 atom stereocenters. The molecule has 1 aliphatic rings. The highest BCUT2D eigenvalue weighted by molar-refractivity contribution is 5.99. The Morgan fingerprint density at radius 2 is 2.19 bits per heavy atom. The predicted octanol–water partition coefficient (Wildman–Crippen LogP) is 2.03. The first-order valence-corrected chi connectivity index (χ1v) is 5.12. The van der Waals surface area contributed by atoms with Crippen molar-refractivity contribution < 1.29 is 13.9 Å². The van der Waals surface area contributed by atoms with Gasteiger partial charge in [0.05, 0.1) is 0 Å². The molecule has 2 rings (SSSR count). The Morgan fingerprint density at radius 1 is 1.44 bits per heavy atom.